The largest absolute Gasteiger partial charge is 0.497 e. The highest BCUT2D eigenvalue weighted by molar-refractivity contribution is 6.32. The predicted octanol–water partition coefficient (Wildman–Crippen LogP) is 2.72. The van der Waals surface area contributed by atoms with Crippen LogP contribution in [0.1, 0.15) is 22.8 Å². The Morgan fingerprint density at radius 1 is 1.50 bits per heavy atom. The van der Waals surface area contributed by atoms with E-state index < -0.39 is 0 Å². The molecular weight excluding hydrogens is 200 g/mol. The van der Waals surface area contributed by atoms with Crippen LogP contribution in [0.3, 0.4) is 0 Å². The van der Waals surface area contributed by atoms with Gasteiger partial charge in [-0.15, -0.1) is 0 Å². The molecule has 1 aromatic rings. The summed E-state index contributed by atoms with van der Waals surface area (Å²) >= 11 is 6.05. The zero-order chi connectivity index (χ0) is 10.3. The van der Waals surface area contributed by atoms with Crippen molar-refractivity contribution < 1.29 is 9.53 Å². The van der Waals surface area contributed by atoms with E-state index in [9.17, 15) is 4.79 Å². The molecule has 0 N–H and O–H groups in total. The number of benzene rings is 1. The highest BCUT2D eigenvalue weighted by atomic mass is 35.5. The van der Waals surface area contributed by atoms with Crippen molar-refractivity contribution in [1.82, 2.24) is 0 Å². The van der Waals surface area contributed by atoms with Gasteiger partial charge in [0.2, 0.25) is 0 Å². The number of hydrogen-bond donors (Lipinski definition) is 0. The van der Waals surface area contributed by atoms with Crippen molar-refractivity contribution in [3.63, 3.8) is 0 Å². The number of halogens is 1. The fourth-order valence-corrected chi connectivity index (χ4v) is 2.11. The van der Waals surface area contributed by atoms with Crippen molar-refractivity contribution in [3.8, 4) is 5.75 Å². The second kappa shape index (κ2) is 3.28. The Bertz CT molecular complexity index is 399. The second-order valence-corrected chi connectivity index (χ2v) is 4.01. The predicted molar refractivity (Wildman–Crippen MR) is 55.2 cm³/mol. The highest BCUT2D eigenvalue weighted by Crippen LogP contribution is 2.35. The third kappa shape index (κ3) is 1.30. The maximum Gasteiger partial charge on any atom is 0.166 e. The summed E-state index contributed by atoms with van der Waals surface area (Å²) in [6.45, 7) is 1.92. The van der Waals surface area contributed by atoms with Gasteiger partial charge in [-0.2, -0.15) is 0 Å². The lowest BCUT2D eigenvalue weighted by atomic mass is 10.1. The average molecular weight is 211 g/mol. The van der Waals surface area contributed by atoms with Crippen molar-refractivity contribution in [2.45, 2.75) is 13.3 Å². The van der Waals surface area contributed by atoms with Crippen LogP contribution in [-0.2, 0) is 6.42 Å². The average Bonchev–Trinajstić information content (AvgIpc) is 2.45. The van der Waals surface area contributed by atoms with Crippen LogP contribution in [0.15, 0.2) is 12.1 Å². The summed E-state index contributed by atoms with van der Waals surface area (Å²) in [6.07, 6.45) is 0.747. The number of ketones is 1. The molecule has 0 bridgehead atoms. The first kappa shape index (κ1) is 9.53. The topological polar surface area (TPSA) is 26.3 Å². The molecule has 1 aliphatic carbocycles. The van der Waals surface area contributed by atoms with Gasteiger partial charge in [0.15, 0.2) is 5.78 Å². The molecule has 74 valence electrons. The molecule has 0 fully saturated rings. The second-order valence-electron chi connectivity index (χ2n) is 3.60. The minimum Gasteiger partial charge on any atom is -0.497 e. The van der Waals surface area contributed by atoms with Gasteiger partial charge in [0, 0.05) is 16.5 Å². The molecule has 1 unspecified atom stereocenters. The van der Waals surface area contributed by atoms with E-state index >= 15 is 0 Å². The molecule has 0 radical (unpaired) electrons. The quantitative estimate of drug-likeness (QED) is 0.713. The Hall–Kier alpha value is -1.02. The molecule has 0 aliphatic heterocycles. The molecule has 0 spiro atoms. The molecule has 0 saturated carbocycles. The van der Waals surface area contributed by atoms with E-state index in [1.54, 1.807) is 19.2 Å². The van der Waals surface area contributed by atoms with E-state index in [0.29, 0.717) is 10.8 Å². The van der Waals surface area contributed by atoms with Gasteiger partial charge in [0.25, 0.3) is 0 Å². The number of methoxy groups -OCH3 is 1. The van der Waals surface area contributed by atoms with Gasteiger partial charge in [-0.3, -0.25) is 4.79 Å². The number of Topliss-reactive ketones (excluding diaryl/α,β-unsaturated/α-hetero) is 1. The molecule has 0 saturated heterocycles. The van der Waals surface area contributed by atoms with E-state index in [0.717, 1.165) is 17.5 Å². The van der Waals surface area contributed by atoms with Crippen LogP contribution < -0.4 is 4.74 Å². The molecule has 2 nitrogen and oxygen atoms in total. The Morgan fingerprint density at radius 3 is 2.86 bits per heavy atom. The Kier molecular flexibility index (Phi) is 2.23. The molecule has 1 atom stereocenters. The van der Waals surface area contributed by atoms with Crippen molar-refractivity contribution in [1.29, 1.82) is 0 Å². The van der Waals surface area contributed by atoms with Gasteiger partial charge >= 0.3 is 0 Å². The highest BCUT2D eigenvalue weighted by Gasteiger charge is 2.29. The van der Waals surface area contributed by atoms with Crippen LogP contribution in [0.4, 0.5) is 0 Å². The molecule has 0 aromatic heterocycles. The fraction of sp³-hybridized carbons (Fsp3) is 0.364. The molecule has 14 heavy (non-hydrogen) atoms. The standard InChI is InChI=1S/C11H11ClO2/c1-6-3-8-9(11(6)13)4-7(14-2)5-10(8)12/h4-6H,3H2,1-2H3. The monoisotopic (exact) mass is 210 g/mol. The normalized spacial score (nSPS) is 19.6. The summed E-state index contributed by atoms with van der Waals surface area (Å²) in [6, 6.07) is 3.53. The van der Waals surface area contributed by atoms with Gasteiger partial charge in [0.1, 0.15) is 5.75 Å². The number of rotatable bonds is 1. The van der Waals surface area contributed by atoms with Crippen molar-refractivity contribution in [2.24, 2.45) is 5.92 Å². The number of fused-ring (bicyclic) bond motifs is 1. The number of carbonyl (C=O) groups is 1. The van der Waals surface area contributed by atoms with Gasteiger partial charge in [-0.25, -0.2) is 0 Å². The fourth-order valence-electron chi connectivity index (χ4n) is 1.82. The zero-order valence-corrected chi connectivity index (χ0v) is 8.89. The van der Waals surface area contributed by atoms with Crippen LogP contribution in [0.5, 0.6) is 5.75 Å². The molecule has 2 rings (SSSR count). The lowest BCUT2D eigenvalue weighted by Crippen LogP contribution is -2.02. The number of hydrogen-bond acceptors (Lipinski definition) is 2. The third-order valence-electron chi connectivity index (χ3n) is 2.63. The van der Waals surface area contributed by atoms with E-state index in [1.807, 2.05) is 6.92 Å². The minimum absolute atomic E-state index is 0.0506. The van der Waals surface area contributed by atoms with E-state index in [4.69, 9.17) is 16.3 Å². The van der Waals surface area contributed by atoms with E-state index in [1.165, 1.54) is 0 Å². The molecular formula is C11H11ClO2. The molecule has 0 heterocycles. The van der Waals surface area contributed by atoms with Gasteiger partial charge in [0.05, 0.1) is 7.11 Å². The first-order chi connectivity index (χ1) is 6.63. The summed E-state index contributed by atoms with van der Waals surface area (Å²) in [4.78, 5) is 11.7. The van der Waals surface area contributed by atoms with Crippen LogP contribution in [0.2, 0.25) is 5.02 Å². The van der Waals surface area contributed by atoms with Crippen molar-refractivity contribution in [3.05, 3.63) is 28.3 Å². The summed E-state index contributed by atoms with van der Waals surface area (Å²) in [5.74, 6) is 0.867. The Morgan fingerprint density at radius 2 is 2.21 bits per heavy atom. The van der Waals surface area contributed by atoms with Crippen LogP contribution in [0.25, 0.3) is 0 Å². The SMILES string of the molecule is COc1cc(Cl)c2c(c1)C(=O)C(C)C2. The van der Waals surface area contributed by atoms with Gasteiger partial charge in [-0.05, 0) is 24.1 Å². The maximum absolute atomic E-state index is 11.7. The first-order valence-electron chi connectivity index (χ1n) is 4.54. The maximum atomic E-state index is 11.7. The van der Waals surface area contributed by atoms with Gasteiger partial charge < -0.3 is 4.74 Å². The van der Waals surface area contributed by atoms with Crippen molar-refractivity contribution in [2.75, 3.05) is 7.11 Å². The van der Waals surface area contributed by atoms with Crippen LogP contribution in [0, 0.1) is 5.92 Å². The van der Waals surface area contributed by atoms with Crippen LogP contribution in [-0.4, -0.2) is 12.9 Å². The summed E-state index contributed by atoms with van der Waals surface area (Å²) < 4.78 is 5.07. The van der Waals surface area contributed by atoms with Gasteiger partial charge in [-0.1, -0.05) is 18.5 Å². The minimum atomic E-state index is 0.0506. The number of ether oxygens (including phenoxy) is 1. The van der Waals surface area contributed by atoms with E-state index in [-0.39, 0.29) is 11.7 Å². The molecule has 3 heteroatoms. The summed E-state index contributed by atoms with van der Waals surface area (Å²) in [5.41, 5.74) is 1.69. The summed E-state index contributed by atoms with van der Waals surface area (Å²) in [7, 11) is 1.57. The lowest BCUT2D eigenvalue weighted by Gasteiger charge is -2.04. The molecule has 1 aliphatic rings. The summed E-state index contributed by atoms with van der Waals surface area (Å²) in [5, 5.41) is 0.636. The molecule has 0 amide bonds. The smallest absolute Gasteiger partial charge is 0.166 e. The van der Waals surface area contributed by atoms with Crippen molar-refractivity contribution >= 4 is 17.4 Å². The third-order valence-corrected chi connectivity index (χ3v) is 2.97. The Balaban J connectivity index is 2.58. The van der Waals surface area contributed by atoms with E-state index in [2.05, 4.69) is 0 Å². The van der Waals surface area contributed by atoms with Crippen LogP contribution >= 0.6 is 11.6 Å². The first-order valence-corrected chi connectivity index (χ1v) is 4.92. The lowest BCUT2D eigenvalue weighted by molar-refractivity contribution is 0.0946. The molecule has 1 aromatic carbocycles. The Labute approximate surface area is 87.8 Å². The zero-order valence-electron chi connectivity index (χ0n) is 8.13. The number of carbonyl (C=O) groups excluding carboxylic acids is 1.